The third-order valence-electron chi connectivity index (χ3n) is 2.90. The van der Waals surface area contributed by atoms with E-state index in [1.165, 1.54) is 0 Å². The van der Waals surface area contributed by atoms with Crippen LogP contribution in [0.3, 0.4) is 0 Å². The van der Waals surface area contributed by atoms with Gasteiger partial charge in [-0.3, -0.25) is 0 Å². The molecule has 0 spiro atoms. The summed E-state index contributed by atoms with van der Waals surface area (Å²) < 4.78 is 11.7. The molecule has 3 nitrogen and oxygen atoms in total. The van der Waals surface area contributed by atoms with Gasteiger partial charge in [0.1, 0.15) is 0 Å². The fourth-order valence-corrected chi connectivity index (χ4v) is 3.97. The molecule has 0 saturated carbocycles. The predicted molar refractivity (Wildman–Crippen MR) is 160 cm³/mol. The van der Waals surface area contributed by atoms with Crippen molar-refractivity contribution in [3.05, 3.63) is 40.2 Å². The van der Waals surface area contributed by atoms with Crippen molar-refractivity contribution in [2.45, 2.75) is 158 Å². The summed E-state index contributed by atoms with van der Waals surface area (Å²) in [5.74, 6) is 0. The predicted octanol–water partition coefficient (Wildman–Crippen LogP) is 8.95. The first-order valence-corrected chi connectivity index (χ1v) is 13.8. The summed E-state index contributed by atoms with van der Waals surface area (Å²) in [5, 5.41) is 14.5. The summed E-state index contributed by atoms with van der Waals surface area (Å²) in [5.41, 5.74) is 0.656. The van der Waals surface area contributed by atoms with Crippen molar-refractivity contribution in [1.29, 1.82) is 0 Å². The molecule has 6 heteroatoms. The van der Waals surface area contributed by atoms with E-state index in [9.17, 15) is 4.11 Å². The molecule has 0 saturated heterocycles. The van der Waals surface area contributed by atoms with Gasteiger partial charge in [-0.1, -0.05) is 125 Å². The zero-order chi connectivity index (χ0) is 28.2. The number of halogens is 1. The second kappa shape index (κ2) is 17.0. The Morgan fingerprint density at radius 2 is 0.629 bits per heavy atom. The second-order valence-corrected chi connectivity index (χ2v) is 15.9. The molecule has 0 aliphatic carbocycles. The number of nitrogens with zero attached hydrogens (tertiary/aromatic N) is 3. The zero-order valence-electron chi connectivity index (χ0n) is 26.7. The fourth-order valence-electron chi connectivity index (χ4n) is 3.52. The maximum Gasteiger partial charge on any atom is 4.00 e. The number of hydrogen-bond donors (Lipinski definition) is 0. The van der Waals surface area contributed by atoms with Crippen LogP contribution in [0.2, 0.25) is 0 Å². The summed E-state index contributed by atoms with van der Waals surface area (Å²) in [4.78, 5) is 0. The Labute approximate surface area is 242 Å². The average Bonchev–Trinajstić information content (AvgIpc) is 2.89. The molecule has 0 bridgehead atoms. The third kappa shape index (κ3) is 48.0. The van der Waals surface area contributed by atoms with E-state index in [1.807, 2.05) is 24.3 Å². The molecule has 0 N–H and O–H groups in total. The van der Waals surface area contributed by atoms with Crippen LogP contribution in [0.5, 0.6) is 0 Å². The SMILES string of the molecule is CC(C)(C)[N-]C(C)(C)C.CC(C)(C)[N-]C(C)(C)C.CC(C)(C)[N-]C(C)(C)C.F[SiH2][c-]1cccc1.[Hf+4]. The van der Waals surface area contributed by atoms with Gasteiger partial charge in [0.25, 0.3) is 0 Å². The molecule has 1 aromatic carbocycles. The van der Waals surface area contributed by atoms with Crippen LogP contribution in [-0.4, -0.2) is 43.1 Å². The van der Waals surface area contributed by atoms with Gasteiger partial charge in [0.15, 0.2) is 9.85 Å². The van der Waals surface area contributed by atoms with Crippen LogP contribution < -0.4 is 5.19 Å². The monoisotopic (exact) mass is 677 g/mol. The molecule has 0 fully saturated rings. The Morgan fingerprint density at radius 3 is 0.686 bits per heavy atom. The first-order chi connectivity index (χ1) is 14.6. The van der Waals surface area contributed by atoms with Gasteiger partial charge in [-0.2, -0.15) is 12.1 Å². The van der Waals surface area contributed by atoms with Gasteiger partial charge in [-0.15, -0.1) is 38.4 Å². The topological polar surface area (TPSA) is 42.3 Å². The minimum absolute atomic E-state index is 0. The molecule has 0 aromatic heterocycles. The van der Waals surface area contributed by atoms with Gasteiger partial charge in [0.2, 0.25) is 0 Å². The minimum Gasteiger partial charge on any atom is -0.653 e. The number of hydrogen-bond acceptors (Lipinski definition) is 0. The summed E-state index contributed by atoms with van der Waals surface area (Å²) in [6, 6.07) is 7.38. The van der Waals surface area contributed by atoms with Crippen LogP contribution in [-0.2, 0) is 25.8 Å². The fraction of sp³-hybridized carbons (Fsp3) is 0.828. The van der Waals surface area contributed by atoms with Crippen molar-refractivity contribution < 1.29 is 30.0 Å². The van der Waals surface area contributed by atoms with E-state index in [0.717, 1.165) is 5.19 Å². The number of rotatable bonds is 1. The normalized spacial score (nSPS) is 13.0. The molecule has 206 valence electrons. The van der Waals surface area contributed by atoms with Crippen LogP contribution in [0.25, 0.3) is 16.0 Å². The van der Waals surface area contributed by atoms with Crippen LogP contribution in [0.4, 0.5) is 4.11 Å². The molecular weight excluding hydrogens is 616 g/mol. The third-order valence-corrected chi connectivity index (χ3v) is 3.68. The molecule has 0 amide bonds. The van der Waals surface area contributed by atoms with Crippen molar-refractivity contribution in [3.8, 4) is 0 Å². The van der Waals surface area contributed by atoms with Crippen LogP contribution in [0, 0.1) is 0 Å². The molecule has 0 radical (unpaired) electrons. The Balaban J connectivity index is -0.000000182. The van der Waals surface area contributed by atoms with Crippen LogP contribution >= 0.6 is 0 Å². The Kier molecular flexibility index (Phi) is 20.5. The summed E-state index contributed by atoms with van der Waals surface area (Å²) in [6.45, 7) is 38.2. The molecule has 35 heavy (non-hydrogen) atoms. The Morgan fingerprint density at radius 1 is 0.457 bits per heavy atom. The molecule has 0 aliphatic rings. The van der Waals surface area contributed by atoms with Gasteiger partial charge in [-0.25, -0.2) is 12.1 Å². The van der Waals surface area contributed by atoms with E-state index in [4.69, 9.17) is 0 Å². The van der Waals surface area contributed by atoms with Gasteiger partial charge in [0.05, 0.1) is 0 Å². The van der Waals surface area contributed by atoms with E-state index in [2.05, 4.69) is 141 Å². The standard InChI is InChI=1S/3C8H18N.C5H6FSi.Hf/c3*1-7(2,3)9-8(4,5)6;6-7-5-3-1-2-4-5;/h3*1-6H3;1-4H,7H2;/q4*-1;+4. The van der Waals surface area contributed by atoms with Crippen molar-refractivity contribution >= 4 is 15.0 Å². The smallest absolute Gasteiger partial charge is 0.653 e. The van der Waals surface area contributed by atoms with Gasteiger partial charge in [0, 0.05) is 0 Å². The van der Waals surface area contributed by atoms with Gasteiger partial charge < -0.3 is 20.1 Å². The first kappa shape index (κ1) is 42.3. The maximum atomic E-state index is 11.7. The maximum absolute atomic E-state index is 11.7. The van der Waals surface area contributed by atoms with Crippen LogP contribution in [0.1, 0.15) is 125 Å². The zero-order valence-corrected chi connectivity index (χ0v) is 31.7. The van der Waals surface area contributed by atoms with Crippen LogP contribution in [0.15, 0.2) is 24.3 Å². The largest absolute Gasteiger partial charge is 4.00 e. The average molecular weight is 676 g/mol. The molecule has 0 atom stereocenters. The van der Waals surface area contributed by atoms with Gasteiger partial charge >= 0.3 is 25.8 Å². The van der Waals surface area contributed by atoms with E-state index in [-0.39, 0.29) is 59.1 Å². The van der Waals surface area contributed by atoms with E-state index < -0.39 is 9.85 Å². The first-order valence-electron chi connectivity index (χ1n) is 12.5. The van der Waals surface area contributed by atoms with Crippen molar-refractivity contribution in [3.63, 3.8) is 0 Å². The molecule has 1 aromatic rings. The van der Waals surface area contributed by atoms with E-state index in [1.54, 1.807) is 0 Å². The summed E-state index contributed by atoms with van der Waals surface area (Å²) >= 11 is 0. The molecule has 0 unspecified atom stereocenters. The summed E-state index contributed by atoms with van der Waals surface area (Å²) in [7, 11) is -1.37. The quantitative estimate of drug-likeness (QED) is 0.162. The van der Waals surface area contributed by atoms with E-state index >= 15 is 0 Å². The van der Waals surface area contributed by atoms with Crippen molar-refractivity contribution in [1.82, 2.24) is 0 Å². The minimum atomic E-state index is -1.37. The second-order valence-electron chi connectivity index (χ2n) is 14.8. The molecule has 0 heterocycles. The van der Waals surface area contributed by atoms with Crippen molar-refractivity contribution in [2.24, 2.45) is 0 Å². The Bertz CT molecular complexity index is 505. The summed E-state index contributed by atoms with van der Waals surface area (Å²) in [6.07, 6.45) is 0. The molecule has 0 aliphatic heterocycles. The Hall–Kier alpha value is 0.247. The van der Waals surface area contributed by atoms with E-state index in [0.29, 0.717) is 0 Å². The molecular formula is C29H60FHfN3Si. The van der Waals surface area contributed by atoms with Gasteiger partial charge in [-0.05, 0) is 0 Å². The molecule has 1 rings (SSSR count). The van der Waals surface area contributed by atoms with Crippen molar-refractivity contribution in [2.75, 3.05) is 0 Å².